The Morgan fingerprint density at radius 1 is 1.07 bits per heavy atom. The molecule has 14 heavy (non-hydrogen) atoms. The van der Waals surface area contributed by atoms with Gasteiger partial charge < -0.3 is 0 Å². The molecule has 4 heteroatoms. The maximum atomic E-state index is 8.90. The van der Waals surface area contributed by atoms with Crippen LogP contribution in [0.5, 0.6) is 0 Å². The number of rotatable bonds is 4. The summed E-state index contributed by atoms with van der Waals surface area (Å²) in [4.78, 5) is 0. The van der Waals surface area contributed by atoms with Gasteiger partial charge in [0.1, 0.15) is 0 Å². The molecule has 0 aromatic rings. The molecule has 0 rings (SSSR count). The molecule has 76 valence electrons. The topological polar surface area (TPSA) is 72.3 Å². The van der Waals surface area contributed by atoms with Crippen molar-refractivity contribution >= 4 is 0 Å². The lowest BCUT2D eigenvalue weighted by atomic mass is 10.00. The second kappa shape index (κ2) is 4.72. The van der Waals surface area contributed by atoms with Crippen LogP contribution in [0.25, 0.3) is 0 Å². The number of nitriles is 2. The molecule has 0 fully saturated rings. The number of azo groups is 1. The van der Waals surface area contributed by atoms with Crippen molar-refractivity contribution < 1.29 is 0 Å². The third kappa shape index (κ3) is 4.00. The predicted octanol–water partition coefficient (Wildman–Crippen LogP) is 2.82. The van der Waals surface area contributed by atoms with E-state index in [0.717, 1.165) is 6.42 Å². The largest absolute Gasteiger partial charge is 0.196 e. The minimum atomic E-state index is -0.841. The van der Waals surface area contributed by atoms with Crippen molar-refractivity contribution in [2.75, 3.05) is 0 Å². The van der Waals surface area contributed by atoms with Gasteiger partial charge in [-0.3, -0.25) is 0 Å². The van der Waals surface area contributed by atoms with Gasteiger partial charge in [-0.05, 0) is 27.2 Å². The molecule has 0 amide bonds. The highest BCUT2D eigenvalue weighted by Crippen LogP contribution is 2.19. The van der Waals surface area contributed by atoms with Crippen molar-refractivity contribution in [3.8, 4) is 12.1 Å². The molecular weight excluding hydrogens is 176 g/mol. The fraction of sp³-hybridized carbons (Fsp3) is 0.800. The molecule has 0 bridgehead atoms. The van der Waals surface area contributed by atoms with Gasteiger partial charge in [-0.15, -0.1) is 0 Å². The van der Waals surface area contributed by atoms with Crippen LogP contribution in [0, 0.1) is 22.7 Å². The Bertz CT molecular complexity index is 292. The highest BCUT2D eigenvalue weighted by Gasteiger charge is 2.24. The van der Waals surface area contributed by atoms with Crippen LogP contribution in [0.15, 0.2) is 10.2 Å². The normalized spacial score (nSPS) is 15.9. The molecule has 0 saturated carbocycles. The quantitative estimate of drug-likeness (QED) is 0.642. The number of nitrogens with zero attached hydrogens (tertiary/aromatic N) is 4. The lowest BCUT2D eigenvalue weighted by molar-refractivity contribution is 0.477. The van der Waals surface area contributed by atoms with E-state index in [9.17, 15) is 0 Å². The minimum absolute atomic E-state index is 0.661. The van der Waals surface area contributed by atoms with Crippen LogP contribution < -0.4 is 0 Å². The first-order chi connectivity index (χ1) is 6.39. The van der Waals surface area contributed by atoms with Gasteiger partial charge in [-0.1, -0.05) is 13.3 Å². The van der Waals surface area contributed by atoms with E-state index in [1.807, 2.05) is 13.0 Å². The number of hydrogen-bond donors (Lipinski definition) is 0. The third-order valence-electron chi connectivity index (χ3n) is 1.77. The SMILES string of the molecule is CCCC(C)(C#N)/N=N/C(C)(C)C#N. The molecule has 0 aromatic carbocycles. The maximum Gasteiger partial charge on any atom is 0.164 e. The highest BCUT2D eigenvalue weighted by atomic mass is 15.2. The molecule has 0 heterocycles. The first-order valence-electron chi connectivity index (χ1n) is 4.66. The fourth-order valence-electron chi connectivity index (χ4n) is 0.873. The van der Waals surface area contributed by atoms with Crippen molar-refractivity contribution in [2.45, 2.75) is 51.6 Å². The molecule has 0 radical (unpaired) electrons. The summed E-state index contributed by atoms with van der Waals surface area (Å²) < 4.78 is 0. The van der Waals surface area contributed by atoms with Crippen LogP contribution in [0.2, 0.25) is 0 Å². The van der Waals surface area contributed by atoms with Gasteiger partial charge >= 0.3 is 0 Å². The van der Waals surface area contributed by atoms with E-state index in [0.29, 0.717) is 6.42 Å². The zero-order chi connectivity index (χ0) is 11.2. The van der Waals surface area contributed by atoms with Gasteiger partial charge in [0.05, 0.1) is 12.1 Å². The summed E-state index contributed by atoms with van der Waals surface area (Å²) in [6.45, 7) is 7.05. The second-order valence-corrected chi connectivity index (χ2v) is 4.01. The average Bonchev–Trinajstić information content (AvgIpc) is 2.16. The van der Waals surface area contributed by atoms with E-state index in [2.05, 4.69) is 16.3 Å². The second-order valence-electron chi connectivity index (χ2n) is 4.01. The van der Waals surface area contributed by atoms with E-state index in [1.54, 1.807) is 20.8 Å². The highest BCUT2D eigenvalue weighted by molar-refractivity contribution is 5.05. The van der Waals surface area contributed by atoms with Crippen molar-refractivity contribution in [1.29, 1.82) is 10.5 Å². The minimum Gasteiger partial charge on any atom is -0.196 e. The molecule has 1 unspecified atom stereocenters. The van der Waals surface area contributed by atoms with Crippen LogP contribution in [0.1, 0.15) is 40.5 Å². The fourth-order valence-corrected chi connectivity index (χ4v) is 0.873. The van der Waals surface area contributed by atoms with Crippen molar-refractivity contribution in [2.24, 2.45) is 10.2 Å². The van der Waals surface area contributed by atoms with Crippen LogP contribution in [-0.4, -0.2) is 11.1 Å². The van der Waals surface area contributed by atoms with E-state index < -0.39 is 11.1 Å². The Morgan fingerprint density at radius 2 is 1.64 bits per heavy atom. The van der Waals surface area contributed by atoms with Crippen LogP contribution >= 0.6 is 0 Å². The molecule has 4 nitrogen and oxygen atoms in total. The molecule has 0 saturated heterocycles. The monoisotopic (exact) mass is 192 g/mol. The standard InChI is InChI=1S/C10H16N4/c1-5-6-10(4,8-12)14-13-9(2,3)7-11/h5-6H2,1-4H3/b14-13+. The Kier molecular flexibility index (Phi) is 4.24. The Hall–Kier alpha value is -1.42. The molecule has 0 aliphatic heterocycles. The molecule has 0 aromatic heterocycles. The molecule has 1 atom stereocenters. The van der Waals surface area contributed by atoms with Gasteiger partial charge in [0, 0.05) is 0 Å². The first kappa shape index (κ1) is 12.6. The maximum absolute atomic E-state index is 8.90. The van der Waals surface area contributed by atoms with Crippen molar-refractivity contribution in [1.82, 2.24) is 0 Å². The van der Waals surface area contributed by atoms with Crippen molar-refractivity contribution in [3.63, 3.8) is 0 Å². The summed E-state index contributed by atoms with van der Waals surface area (Å²) >= 11 is 0. The zero-order valence-electron chi connectivity index (χ0n) is 9.20. The molecule has 0 aliphatic rings. The first-order valence-corrected chi connectivity index (χ1v) is 4.66. The van der Waals surface area contributed by atoms with Crippen molar-refractivity contribution in [3.05, 3.63) is 0 Å². The van der Waals surface area contributed by atoms with Crippen LogP contribution in [0.3, 0.4) is 0 Å². The van der Waals surface area contributed by atoms with Gasteiger partial charge in [-0.25, -0.2) is 0 Å². The van der Waals surface area contributed by atoms with Gasteiger partial charge in [0.25, 0.3) is 0 Å². The molecule has 0 N–H and O–H groups in total. The van der Waals surface area contributed by atoms with Gasteiger partial charge in [0.2, 0.25) is 0 Å². The summed E-state index contributed by atoms with van der Waals surface area (Å²) in [5, 5.41) is 25.4. The van der Waals surface area contributed by atoms with E-state index in [4.69, 9.17) is 10.5 Å². The molecule has 0 spiro atoms. The van der Waals surface area contributed by atoms with E-state index in [1.165, 1.54) is 0 Å². The number of hydrogen-bond acceptors (Lipinski definition) is 4. The Labute approximate surface area is 85.3 Å². The van der Waals surface area contributed by atoms with Gasteiger partial charge in [0.15, 0.2) is 11.1 Å². The average molecular weight is 192 g/mol. The van der Waals surface area contributed by atoms with Crippen LogP contribution in [0.4, 0.5) is 0 Å². The zero-order valence-corrected chi connectivity index (χ0v) is 9.20. The Morgan fingerprint density at radius 3 is 2.00 bits per heavy atom. The van der Waals surface area contributed by atoms with E-state index in [-0.39, 0.29) is 0 Å². The smallest absolute Gasteiger partial charge is 0.164 e. The summed E-state index contributed by atoms with van der Waals surface area (Å²) in [6.07, 6.45) is 1.53. The predicted molar refractivity (Wildman–Crippen MR) is 53.5 cm³/mol. The lowest BCUT2D eigenvalue weighted by Gasteiger charge is -2.15. The summed E-state index contributed by atoms with van der Waals surface area (Å²) in [7, 11) is 0. The van der Waals surface area contributed by atoms with E-state index >= 15 is 0 Å². The molecule has 0 aliphatic carbocycles. The van der Waals surface area contributed by atoms with Crippen LogP contribution in [-0.2, 0) is 0 Å². The third-order valence-corrected chi connectivity index (χ3v) is 1.77. The molecular formula is C10H16N4. The lowest BCUT2D eigenvalue weighted by Crippen LogP contribution is -2.21. The summed E-state index contributed by atoms with van der Waals surface area (Å²) in [6, 6.07) is 4.12. The van der Waals surface area contributed by atoms with Gasteiger partial charge in [-0.2, -0.15) is 20.8 Å². The summed E-state index contributed by atoms with van der Waals surface area (Å²) in [5.74, 6) is 0. The Balaban J connectivity index is 4.65. The summed E-state index contributed by atoms with van der Waals surface area (Å²) in [5.41, 5.74) is -1.63.